The second kappa shape index (κ2) is 4.45. The lowest BCUT2D eigenvalue weighted by Gasteiger charge is -2.25. The third-order valence-electron chi connectivity index (χ3n) is 3.49. The molecule has 1 N–H and O–H groups in total. The Bertz CT molecular complexity index is 369. The first-order valence-electron chi connectivity index (χ1n) is 6.09. The summed E-state index contributed by atoms with van der Waals surface area (Å²) in [6.45, 7) is 6.46. The molecule has 4 nitrogen and oxygen atoms in total. The average Bonchev–Trinajstić information content (AvgIpc) is 2.73. The fraction of sp³-hybridized carbons (Fsp3) is 0.750. The van der Waals surface area contributed by atoms with Gasteiger partial charge in [0.1, 0.15) is 5.82 Å². The predicted molar refractivity (Wildman–Crippen MR) is 66.8 cm³/mol. The van der Waals surface area contributed by atoms with Gasteiger partial charge in [-0.25, -0.2) is 0 Å². The van der Waals surface area contributed by atoms with Gasteiger partial charge in [-0.3, -0.25) is 4.68 Å². The molecule has 1 aliphatic rings. The standard InChI is InChI=1S/C12H22N4/c1-9-6-5-7-16(9)12-11(8-13-3)10(2)14-15(12)4/h9,13H,5-8H2,1-4H3. The zero-order chi connectivity index (χ0) is 11.7. The molecule has 16 heavy (non-hydrogen) atoms. The van der Waals surface area contributed by atoms with Gasteiger partial charge in [0.25, 0.3) is 0 Å². The second-order valence-electron chi connectivity index (χ2n) is 4.73. The number of hydrogen-bond donors (Lipinski definition) is 1. The SMILES string of the molecule is CNCc1c(C)nn(C)c1N1CCCC1C. The van der Waals surface area contributed by atoms with Gasteiger partial charge in [-0.2, -0.15) is 5.10 Å². The van der Waals surface area contributed by atoms with Gasteiger partial charge in [0, 0.05) is 31.7 Å². The summed E-state index contributed by atoms with van der Waals surface area (Å²) in [6, 6.07) is 0.644. The number of nitrogens with zero attached hydrogens (tertiary/aromatic N) is 3. The number of hydrogen-bond acceptors (Lipinski definition) is 3. The molecular formula is C12H22N4. The maximum absolute atomic E-state index is 4.54. The Balaban J connectivity index is 2.37. The molecule has 0 amide bonds. The van der Waals surface area contributed by atoms with Crippen molar-refractivity contribution in [3.8, 4) is 0 Å². The van der Waals surface area contributed by atoms with Crippen LogP contribution in [0.25, 0.3) is 0 Å². The summed E-state index contributed by atoms with van der Waals surface area (Å²) in [6.07, 6.45) is 2.59. The molecule has 1 saturated heterocycles. The molecule has 1 fully saturated rings. The first kappa shape index (κ1) is 11.5. The van der Waals surface area contributed by atoms with Crippen molar-refractivity contribution in [3.63, 3.8) is 0 Å². The zero-order valence-electron chi connectivity index (χ0n) is 10.7. The molecule has 0 saturated carbocycles. The Hall–Kier alpha value is -1.03. The lowest BCUT2D eigenvalue weighted by atomic mass is 10.2. The topological polar surface area (TPSA) is 33.1 Å². The number of aryl methyl sites for hydroxylation is 2. The molecule has 0 aliphatic carbocycles. The van der Waals surface area contributed by atoms with Crippen molar-refractivity contribution in [3.05, 3.63) is 11.3 Å². The van der Waals surface area contributed by atoms with E-state index in [-0.39, 0.29) is 0 Å². The summed E-state index contributed by atoms with van der Waals surface area (Å²) in [5.74, 6) is 1.30. The van der Waals surface area contributed by atoms with Crippen molar-refractivity contribution in [2.75, 3.05) is 18.5 Å². The van der Waals surface area contributed by atoms with Crippen LogP contribution >= 0.6 is 0 Å². The molecule has 0 radical (unpaired) electrons. The Morgan fingerprint density at radius 3 is 2.81 bits per heavy atom. The molecule has 0 aromatic carbocycles. The molecule has 1 unspecified atom stereocenters. The Labute approximate surface area is 97.6 Å². The highest BCUT2D eigenvalue weighted by molar-refractivity contribution is 5.51. The van der Waals surface area contributed by atoms with Gasteiger partial charge in [0.05, 0.1) is 5.69 Å². The van der Waals surface area contributed by atoms with Crippen LogP contribution in [0.1, 0.15) is 31.0 Å². The minimum Gasteiger partial charge on any atom is -0.354 e. The largest absolute Gasteiger partial charge is 0.354 e. The van der Waals surface area contributed by atoms with Crippen LogP contribution in [0.15, 0.2) is 0 Å². The number of rotatable bonds is 3. The monoisotopic (exact) mass is 222 g/mol. The smallest absolute Gasteiger partial charge is 0.131 e. The van der Waals surface area contributed by atoms with Crippen LogP contribution < -0.4 is 10.2 Å². The van der Waals surface area contributed by atoms with Crippen molar-refractivity contribution in [2.45, 2.75) is 39.3 Å². The average molecular weight is 222 g/mol. The molecule has 90 valence electrons. The maximum atomic E-state index is 4.54. The molecule has 1 aromatic heterocycles. The highest BCUT2D eigenvalue weighted by atomic mass is 15.4. The van der Waals surface area contributed by atoms with Gasteiger partial charge < -0.3 is 10.2 Å². The third-order valence-corrected chi connectivity index (χ3v) is 3.49. The Kier molecular flexibility index (Phi) is 3.19. The molecule has 1 atom stereocenters. The van der Waals surface area contributed by atoms with Gasteiger partial charge in [-0.15, -0.1) is 0 Å². The van der Waals surface area contributed by atoms with E-state index in [1.54, 1.807) is 0 Å². The van der Waals surface area contributed by atoms with Crippen LogP contribution in [0.3, 0.4) is 0 Å². The van der Waals surface area contributed by atoms with Crippen molar-refractivity contribution >= 4 is 5.82 Å². The number of nitrogens with one attached hydrogen (secondary N) is 1. The van der Waals surface area contributed by atoms with Crippen molar-refractivity contribution < 1.29 is 0 Å². The van der Waals surface area contributed by atoms with Crippen LogP contribution in [-0.4, -0.2) is 29.4 Å². The van der Waals surface area contributed by atoms with Crippen molar-refractivity contribution in [2.24, 2.45) is 7.05 Å². The predicted octanol–water partition coefficient (Wildman–Crippen LogP) is 1.44. The molecule has 1 aromatic rings. The molecular weight excluding hydrogens is 200 g/mol. The summed E-state index contributed by atoms with van der Waals surface area (Å²) in [7, 11) is 4.04. The van der Waals surface area contributed by atoms with Crippen LogP contribution in [-0.2, 0) is 13.6 Å². The van der Waals surface area contributed by atoms with Crippen LogP contribution in [0.4, 0.5) is 5.82 Å². The van der Waals surface area contributed by atoms with Gasteiger partial charge in [0.2, 0.25) is 0 Å². The molecule has 0 bridgehead atoms. The molecule has 4 heteroatoms. The van der Waals surface area contributed by atoms with E-state index in [0.29, 0.717) is 6.04 Å². The maximum Gasteiger partial charge on any atom is 0.131 e. The molecule has 2 heterocycles. The third kappa shape index (κ3) is 1.82. The van der Waals surface area contributed by atoms with Gasteiger partial charge in [0.15, 0.2) is 0 Å². The molecule has 0 spiro atoms. The van der Waals surface area contributed by atoms with E-state index in [0.717, 1.165) is 18.8 Å². The van der Waals surface area contributed by atoms with Gasteiger partial charge >= 0.3 is 0 Å². The fourth-order valence-corrected chi connectivity index (χ4v) is 2.68. The summed E-state index contributed by atoms with van der Waals surface area (Å²) in [5, 5.41) is 7.78. The summed E-state index contributed by atoms with van der Waals surface area (Å²) < 4.78 is 2.03. The van der Waals surface area contributed by atoms with E-state index < -0.39 is 0 Å². The normalized spacial score (nSPS) is 20.8. The van der Waals surface area contributed by atoms with E-state index in [9.17, 15) is 0 Å². The first-order chi connectivity index (χ1) is 7.65. The van der Waals surface area contributed by atoms with E-state index >= 15 is 0 Å². The first-order valence-corrected chi connectivity index (χ1v) is 6.09. The Morgan fingerprint density at radius 2 is 2.25 bits per heavy atom. The highest BCUT2D eigenvalue weighted by Gasteiger charge is 2.26. The van der Waals surface area contributed by atoms with E-state index in [2.05, 4.69) is 29.2 Å². The van der Waals surface area contributed by atoms with E-state index in [4.69, 9.17) is 0 Å². The second-order valence-corrected chi connectivity index (χ2v) is 4.73. The zero-order valence-corrected chi connectivity index (χ0v) is 10.7. The van der Waals surface area contributed by atoms with Crippen LogP contribution in [0.2, 0.25) is 0 Å². The summed E-state index contributed by atoms with van der Waals surface area (Å²) in [5.41, 5.74) is 2.49. The molecule has 2 rings (SSSR count). The quantitative estimate of drug-likeness (QED) is 0.840. The summed E-state index contributed by atoms with van der Waals surface area (Å²) in [4.78, 5) is 2.49. The van der Waals surface area contributed by atoms with Crippen LogP contribution in [0.5, 0.6) is 0 Å². The minimum atomic E-state index is 0.644. The minimum absolute atomic E-state index is 0.644. The number of aromatic nitrogens is 2. The lowest BCUT2D eigenvalue weighted by Crippen LogP contribution is -2.29. The Morgan fingerprint density at radius 1 is 1.50 bits per heavy atom. The van der Waals surface area contributed by atoms with Crippen molar-refractivity contribution in [1.82, 2.24) is 15.1 Å². The number of anilines is 1. The fourth-order valence-electron chi connectivity index (χ4n) is 2.68. The highest BCUT2D eigenvalue weighted by Crippen LogP contribution is 2.29. The summed E-state index contributed by atoms with van der Waals surface area (Å²) >= 11 is 0. The van der Waals surface area contributed by atoms with E-state index in [1.807, 2.05) is 18.8 Å². The molecule has 1 aliphatic heterocycles. The van der Waals surface area contributed by atoms with Crippen molar-refractivity contribution in [1.29, 1.82) is 0 Å². The van der Waals surface area contributed by atoms with Gasteiger partial charge in [-0.05, 0) is 33.7 Å². The van der Waals surface area contributed by atoms with Crippen LogP contribution in [0, 0.1) is 6.92 Å². The lowest BCUT2D eigenvalue weighted by molar-refractivity contribution is 0.674. The van der Waals surface area contributed by atoms with E-state index in [1.165, 1.54) is 24.2 Å². The van der Waals surface area contributed by atoms with Gasteiger partial charge in [-0.1, -0.05) is 0 Å².